The summed E-state index contributed by atoms with van der Waals surface area (Å²) in [7, 11) is 0. The summed E-state index contributed by atoms with van der Waals surface area (Å²) in [6.45, 7) is 8.33. The van der Waals surface area contributed by atoms with Crippen molar-refractivity contribution in [3.63, 3.8) is 0 Å². The lowest BCUT2D eigenvalue weighted by atomic mass is 9.92. The predicted molar refractivity (Wildman–Crippen MR) is 61.8 cm³/mol. The van der Waals surface area contributed by atoms with E-state index in [1.807, 2.05) is 0 Å². The summed E-state index contributed by atoms with van der Waals surface area (Å²) in [6, 6.07) is 0.718. The van der Waals surface area contributed by atoms with Gasteiger partial charge in [0.2, 0.25) is 0 Å². The second-order valence-corrected chi connectivity index (χ2v) is 5.38. The predicted octanol–water partition coefficient (Wildman–Crippen LogP) is 1.22. The molecule has 88 valence electrons. The molecule has 3 heteroatoms. The molecule has 2 aliphatic rings. The van der Waals surface area contributed by atoms with Gasteiger partial charge in [0.15, 0.2) is 0 Å². The van der Waals surface area contributed by atoms with Gasteiger partial charge in [0.05, 0.1) is 12.1 Å². The highest BCUT2D eigenvalue weighted by atomic mass is 16.5. The summed E-state index contributed by atoms with van der Waals surface area (Å²) in [6.07, 6.45) is 3.77. The Bertz CT molecular complexity index is 212. The van der Waals surface area contributed by atoms with Gasteiger partial charge in [-0.3, -0.25) is 4.90 Å². The van der Waals surface area contributed by atoms with E-state index >= 15 is 0 Å². The fourth-order valence-corrected chi connectivity index (χ4v) is 3.18. The number of rotatable bonds is 3. The third-order valence-corrected chi connectivity index (χ3v) is 4.14. The molecule has 3 nitrogen and oxygen atoms in total. The molecule has 0 aliphatic carbocycles. The Hall–Kier alpha value is -0.120. The second kappa shape index (κ2) is 4.40. The molecule has 2 aliphatic heterocycles. The van der Waals surface area contributed by atoms with Crippen molar-refractivity contribution in [1.29, 1.82) is 0 Å². The monoisotopic (exact) mass is 212 g/mol. The Kier molecular flexibility index (Phi) is 3.33. The Morgan fingerprint density at radius 3 is 2.87 bits per heavy atom. The van der Waals surface area contributed by atoms with Crippen molar-refractivity contribution in [2.45, 2.75) is 44.7 Å². The van der Waals surface area contributed by atoms with E-state index in [1.165, 1.54) is 19.4 Å². The summed E-state index contributed by atoms with van der Waals surface area (Å²) >= 11 is 0. The van der Waals surface area contributed by atoms with Crippen LogP contribution in [0.1, 0.15) is 33.1 Å². The number of ether oxygens (including phenoxy) is 1. The van der Waals surface area contributed by atoms with Gasteiger partial charge in [0.1, 0.15) is 0 Å². The number of hydrogen-bond donors (Lipinski definition) is 1. The first-order chi connectivity index (χ1) is 7.19. The molecule has 0 aromatic rings. The standard InChI is InChI=1S/C12H24N2O/c1-10(2)11-4-3-6-14(11)12(8-13)5-7-15-9-12/h10-11H,3-9,13H2,1-2H3. The SMILES string of the molecule is CC(C)C1CCCN1C1(CN)CCOC1. The molecular weight excluding hydrogens is 188 g/mol. The molecule has 0 aromatic heterocycles. The molecular formula is C12H24N2O. The van der Waals surface area contributed by atoms with Crippen molar-refractivity contribution in [1.82, 2.24) is 4.90 Å². The van der Waals surface area contributed by atoms with Crippen LogP contribution in [0.25, 0.3) is 0 Å². The van der Waals surface area contributed by atoms with E-state index < -0.39 is 0 Å². The third kappa shape index (κ3) is 1.93. The van der Waals surface area contributed by atoms with Gasteiger partial charge in [-0.1, -0.05) is 13.8 Å². The van der Waals surface area contributed by atoms with E-state index in [9.17, 15) is 0 Å². The fourth-order valence-electron chi connectivity index (χ4n) is 3.18. The van der Waals surface area contributed by atoms with Crippen molar-refractivity contribution < 1.29 is 4.74 Å². The zero-order valence-electron chi connectivity index (χ0n) is 10.0. The molecule has 2 rings (SSSR count). The van der Waals surface area contributed by atoms with E-state index in [1.54, 1.807) is 0 Å². The first kappa shape index (κ1) is 11.4. The van der Waals surface area contributed by atoms with Crippen LogP contribution in [0, 0.1) is 5.92 Å². The van der Waals surface area contributed by atoms with Crippen LogP contribution in [-0.4, -0.2) is 42.8 Å². The van der Waals surface area contributed by atoms with Crippen LogP contribution in [-0.2, 0) is 4.74 Å². The Morgan fingerprint density at radius 1 is 1.53 bits per heavy atom. The summed E-state index contributed by atoms with van der Waals surface area (Å²) in [5.41, 5.74) is 6.15. The summed E-state index contributed by atoms with van der Waals surface area (Å²) in [4.78, 5) is 2.64. The second-order valence-electron chi connectivity index (χ2n) is 5.38. The van der Waals surface area contributed by atoms with Crippen LogP contribution in [0.3, 0.4) is 0 Å². The lowest BCUT2D eigenvalue weighted by molar-refractivity contribution is 0.0460. The van der Waals surface area contributed by atoms with E-state index in [0.29, 0.717) is 0 Å². The van der Waals surface area contributed by atoms with Crippen molar-refractivity contribution in [3.8, 4) is 0 Å². The highest BCUT2D eigenvalue weighted by Gasteiger charge is 2.45. The zero-order valence-corrected chi connectivity index (χ0v) is 10.0. The van der Waals surface area contributed by atoms with E-state index in [-0.39, 0.29) is 5.54 Å². The minimum Gasteiger partial charge on any atom is -0.379 e. The molecule has 2 N–H and O–H groups in total. The Balaban J connectivity index is 2.13. The molecule has 0 spiro atoms. The molecule has 2 heterocycles. The zero-order chi connectivity index (χ0) is 10.9. The van der Waals surface area contributed by atoms with Gasteiger partial charge in [-0.15, -0.1) is 0 Å². The third-order valence-electron chi connectivity index (χ3n) is 4.14. The summed E-state index contributed by atoms with van der Waals surface area (Å²) < 4.78 is 5.57. The smallest absolute Gasteiger partial charge is 0.0663 e. The lowest BCUT2D eigenvalue weighted by Crippen LogP contribution is -2.57. The first-order valence-corrected chi connectivity index (χ1v) is 6.24. The molecule has 0 saturated carbocycles. The maximum Gasteiger partial charge on any atom is 0.0663 e. The quantitative estimate of drug-likeness (QED) is 0.764. The molecule has 2 fully saturated rings. The number of nitrogens with two attached hydrogens (primary N) is 1. The summed E-state index contributed by atoms with van der Waals surface area (Å²) in [5.74, 6) is 0.733. The topological polar surface area (TPSA) is 38.5 Å². The van der Waals surface area contributed by atoms with Crippen LogP contribution in [0.5, 0.6) is 0 Å². The molecule has 0 aromatic carbocycles. The first-order valence-electron chi connectivity index (χ1n) is 6.24. The number of nitrogens with zero attached hydrogens (tertiary/aromatic N) is 1. The van der Waals surface area contributed by atoms with Crippen LogP contribution in [0.15, 0.2) is 0 Å². The molecule has 2 unspecified atom stereocenters. The van der Waals surface area contributed by atoms with Crippen molar-refractivity contribution in [2.24, 2.45) is 11.7 Å². The van der Waals surface area contributed by atoms with E-state index in [4.69, 9.17) is 10.5 Å². The number of hydrogen-bond acceptors (Lipinski definition) is 3. The normalized spacial score (nSPS) is 38.0. The highest BCUT2D eigenvalue weighted by molar-refractivity contribution is 5.00. The van der Waals surface area contributed by atoms with Crippen LogP contribution in [0.4, 0.5) is 0 Å². The van der Waals surface area contributed by atoms with E-state index in [2.05, 4.69) is 18.7 Å². The molecule has 2 saturated heterocycles. The summed E-state index contributed by atoms with van der Waals surface area (Å²) in [5, 5.41) is 0. The molecule has 0 bridgehead atoms. The van der Waals surface area contributed by atoms with Crippen LogP contribution >= 0.6 is 0 Å². The van der Waals surface area contributed by atoms with Gasteiger partial charge in [-0.05, 0) is 31.7 Å². The maximum absolute atomic E-state index is 5.99. The molecule has 0 amide bonds. The van der Waals surface area contributed by atoms with Crippen molar-refractivity contribution >= 4 is 0 Å². The van der Waals surface area contributed by atoms with E-state index in [0.717, 1.165) is 38.1 Å². The van der Waals surface area contributed by atoms with Gasteiger partial charge in [-0.25, -0.2) is 0 Å². The van der Waals surface area contributed by atoms with Gasteiger partial charge >= 0.3 is 0 Å². The molecule has 15 heavy (non-hydrogen) atoms. The maximum atomic E-state index is 5.99. The Morgan fingerprint density at radius 2 is 2.33 bits per heavy atom. The van der Waals surface area contributed by atoms with Crippen LogP contribution < -0.4 is 5.73 Å². The van der Waals surface area contributed by atoms with Crippen molar-refractivity contribution in [3.05, 3.63) is 0 Å². The largest absolute Gasteiger partial charge is 0.379 e. The van der Waals surface area contributed by atoms with Gasteiger partial charge < -0.3 is 10.5 Å². The average molecular weight is 212 g/mol. The van der Waals surface area contributed by atoms with Gasteiger partial charge in [0.25, 0.3) is 0 Å². The molecule has 2 atom stereocenters. The highest BCUT2D eigenvalue weighted by Crippen LogP contribution is 2.35. The van der Waals surface area contributed by atoms with Crippen LogP contribution in [0.2, 0.25) is 0 Å². The minimum atomic E-state index is 0.158. The number of likely N-dealkylation sites (tertiary alicyclic amines) is 1. The Labute approximate surface area is 93.0 Å². The fraction of sp³-hybridized carbons (Fsp3) is 1.00. The average Bonchev–Trinajstić information content (AvgIpc) is 2.87. The molecule has 0 radical (unpaired) electrons. The van der Waals surface area contributed by atoms with Gasteiger partial charge in [-0.2, -0.15) is 0 Å². The van der Waals surface area contributed by atoms with Gasteiger partial charge in [0, 0.05) is 19.2 Å². The lowest BCUT2D eigenvalue weighted by Gasteiger charge is -2.42. The minimum absolute atomic E-state index is 0.158. The van der Waals surface area contributed by atoms with Crippen molar-refractivity contribution in [2.75, 3.05) is 26.3 Å².